The summed E-state index contributed by atoms with van der Waals surface area (Å²) in [7, 11) is 0. The van der Waals surface area contributed by atoms with Crippen LogP contribution in [0.2, 0.25) is 5.02 Å². The number of rotatable bonds is 3. The highest BCUT2D eigenvalue weighted by molar-refractivity contribution is 7.22. The van der Waals surface area contributed by atoms with Gasteiger partial charge in [0.05, 0.1) is 26.5 Å². The minimum absolute atomic E-state index is 0.0654. The van der Waals surface area contributed by atoms with E-state index in [0.29, 0.717) is 16.2 Å². The number of para-hydroxylation sites is 1. The monoisotopic (exact) mass is 347 g/mol. The van der Waals surface area contributed by atoms with E-state index in [0.717, 1.165) is 4.70 Å². The van der Waals surface area contributed by atoms with E-state index in [1.54, 1.807) is 18.2 Å². The molecule has 6 nitrogen and oxygen atoms in total. The Hall–Kier alpha value is -2.64. The molecule has 0 radical (unpaired) electrons. The number of carbonyl (C=O) groups excluding carboxylic acids is 1. The molecule has 8 heteroatoms. The minimum Gasteiger partial charge on any atom is -0.478 e. The van der Waals surface area contributed by atoms with Gasteiger partial charge in [-0.25, -0.2) is 9.78 Å². The fourth-order valence-electron chi connectivity index (χ4n) is 2.10. The van der Waals surface area contributed by atoms with Gasteiger partial charge in [-0.15, -0.1) is 0 Å². The molecule has 1 aromatic heterocycles. The van der Waals surface area contributed by atoms with Crippen molar-refractivity contribution in [3.63, 3.8) is 0 Å². The van der Waals surface area contributed by atoms with Crippen LogP contribution < -0.4 is 11.1 Å². The number of halogens is 1. The largest absolute Gasteiger partial charge is 0.478 e. The second-order valence-corrected chi connectivity index (χ2v) is 6.13. The number of nitrogens with two attached hydrogens (primary N) is 1. The van der Waals surface area contributed by atoms with Gasteiger partial charge >= 0.3 is 5.97 Å². The Morgan fingerprint density at radius 2 is 2.04 bits per heavy atom. The molecule has 0 aliphatic heterocycles. The van der Waals surface area contributed by atoms with Crippen molar-refractivity contribution in [2.75, 3.05) is 11.1 Å². The molecule has 0 spiro atoms. The zero-order chi connectivity index (χ0) is 16.6. The molecular weight excluding hydrogens is 338 g/mol. The highest BCUT2D eigenvalue weighted by Crippen LogP contribution is 2.28. The van der Waals surface area contributed by atoms with E-state index >= 15 is 0 Å². The van der Waals surface area contributed by atoms with E-state index in [2.05, 4.69) is 10.3 Å². The van der Waals surface area contributed by atoms with Crippen molar-refractivity contribution in [2.24, 2.45) is 0 Å². The van der Waals surface area contributed by atoms with Crippen molar-refractivity contribution in [2.45, 2.75) is 0 Å². The van der Waals surface area contributed by atoms with Crippen LogP contribution in [0.4, 0.5) is 10.8 Å². The maximum atomic E-state index is 12.4. The Morgan fingerprint density at radius 3 is 2.78 bits per heavy atom. The van der Waals surface area contributed by atoms with E-state index in [1.807, 2.05) is 0 Å². The molecular formula is C15H10ClN3O3S. The highest BCUT2D eigenvalue weighted by Gasteiger charge is 2.17. The molecule has 0 atom stereocenters. The molecule has 0 saturated carbocycles. The molecule has 0 unspecified atom stereocenters. The lowest BCUT2D eigenvalue weighted by atomic mass is 10.1. The van der Waals surface area contributed by atoms with Crippen LogP contribution in [0.15, 0.2) is 36.4 Å². The first-order chi connectivity index (χ1) is 11.0. The van der Waals surface area contributed by atoms with Crippen LogP contribution in [0, 0.1) is 0 Å². The summed E-state index contributed by atoms with van der Waals surface area (Å²) in [6, 6.07) is 9.31. The lowest BCUT2D eigenvalue weighted by molar-refractivity contribution is 0.0698. The Kier molecular flexibility index (Phi) is 3.89. The average Bonchev–Trinajstić information content (AvgIpc) is 2.87. The van der Waals surface area contributed by atoms with Crippen LogP contribution in [0.25, 0.3) is 10.2 Å². The van der Waals surface area contributed by atoms with Crippen molar-refractivity contribution in [1.29, 1.82) is 0 Å². The van der Waals surface area contributed by atoms with Gasteiger partial charge in [0, 0.05) is 5.56 Å². The normalized spacial score (nSPS) is 10.7. The summed E-state index contributed by atoms with van der Waals surface area (Å²) in [4.78, 5) is 27.7. The number of anilines is 2. The third-order valence-corrected chi connectivity index (χ3v) is 4.31. The molecule has 0 bridgehead atoms. The third-order valence-electron chi connectivity index (χ3n) is 3.15. The first kappa shape index (κ1) is 15.3. The number of amides is 1. The zero-order valence-corrected chi connectivity index (χ0v) is 13.1. The van der Waals surface area contributed by atoms with Crippen molar-refractivity contribution in [1.82, 2.24) is 4.98 Å². The first-order valence-corrected chi connectivity index (χ1v) is 7.64. The van der Waals surface area contributed by atoms with E-state index in [-0.39, 0.29) is 16.3 Å². The SMILES string of the molecule is Nc1nc2ccc(C(=O)Nc3c(Cl)cccc3C(=O)O)cc2s1. The maximum Gasteiger partial charge on any atom is 0.337 e. The Bertz CT molecular complexity index is 939. The quantitative estimate of drug-likeness (QED) is 0.672. The number of fused-ring (bicyclic) bond motifs is 1. The molecule has 0 fully saturated rings. The van der Waals surface area contributed by atoms with Gasteiger partial charge in [-0.2, -0.15) is 0 Å². The Balaban J connectivity index is 1.96. The molecule has 2 aromatic carbocycles. The topological polar surface area (TPSA) is 105 Å². The maximum absolute atomic E-state index is 12.4. The predicted molar refractivity (Wildman–Crippen MR) is 90.4 cm³/mol. The lowest BCUT2D eigenvalue weighted by Gasteiger charge is -2.10. The van der Waals surface area contributed by atoms with Gasteiger partial charge in [-0.1, -0.05) is 29.0 Å². The van der Waals surface area contributed by atoms with Gasteiger partial charge in [-0.3, -0.25) is 4.79 Å². The number of nitrogens with zero attached hydrogens (tertiary/aromatic N) is 1. The molecule has 3 aromatic rings. The second kappa shape index (κ2) is 5.86. The molecule has 3 rings (SSSR count). The van der Waals surface area contributed by atoms with Gasteiger partial charge < -0.3 is 16.2 Å². The molecule has 0 saturated heterocycles. The molecule has 0 aliphatic carbocycles. The summed E-state index contributed by atoms with van der Waals surface area (Å²) in [6.45, 7) is 0. The van der Waals surface area contributed by atoms with Crippen molar-refractivity contribution in [3.8, 4) is 0 Å². The van der Waals surface area contributed by atoms with Crippen LogP contribution in [0.5, 0.6) is 0 Å². The summed E-state index contributed by atoms with van der Waals surface area (Å²) >= 11 is 7.27. The van der Waals surface area contributed by atoms with Crippen molar-refractivity contribution < 1.29 is 14.7 Å². The Labute approximate surface area is 139 Å². The smallest absolute Gasteiger partial charge is 0.337 e. The molecule has 1 heterocycles. The predicted octanol–water partition coefficient (Wildman–Crippen LogP) is 3.48. The first-order valence-electron chi connectivity index (χ1n) is 6.45. The Morgan fingerprint density at radius 1 is 1.26 bits per heavy atom. The van der Waals surface area contributed by atoms with E-state index < -0.39 is 11.9 Å². The van der Waals surface area contributed by atoms with E-state index in [4.69, 9.17) is 17.3 Å². The van der Waals surface area contributed by atoms with Crippen LogP contribution >= 0.6 is 22.9 Å². The second-order valence-electron chi connectivity index (χ2n) is 4.66. The van der Waals surface area contributed by atoms with Crippen LogP contribution in [0.3, 0.4) is 0 Å². The van der Waals surface area contributed by atoms with E-state index in [1.165, 1.54) is 29.5 Å². The number of benzene rings is 2. The molecule has 1 amide bonds. The summed E-state index contributed by atoms with van der Waals surface area (Å²) in [5.41, 5.74) is 6.69. The number of aromatic carboxylic acids is 1. The van der Waals surface area contributed by atoms with Crippen molar-refractivity contribution in [3.05, 3.63) is 52.5 Å². The fourth-order valence-corrected chi connectivity index (χ4v) is 3.09. The van der Waals surface area contributed by atoms with Gasteiger partial charge in [-0.05, 0) is 30.3 Å². The van der Waals surface area contributed by atoms with Gasteiger partial charge in [0.15, 0.2) is 5.13 Å². The molecule has 116 valence electrons. The summed E-state index contributed by atoms with van der Waals surface area (Å²) in [5.74, 6) is -1.64. The summed E-state index contributed by atoms with van der Waals surface area (Å²) in [6.07, 6.45) is 0. The lowest BCUT2D eigenvalue weighted by Crippen LogP contribution is -2.15. The highest BCUT2D eigenvalue weighted by atomic mass is 35.5. The zero-order valence-electron chi connectivity index (χ0n) is 11.5. The van der Waals surface area contributed by atoms with Gasteiger partial charge in [0.25, 0.3) is 5.91 Å². The standard InChI is InChI=1S/C15H10ClN3O3S/c16-9-3-1-2-8(14(21)22)12(9)19-13(20)7-4-5-10-11(6-7)23-15(17)18-10/h1-6H,(H2,17,18)(H,19,20)(H,21,22). The number of nitrogen functional groups attached to an aromatic ring is 1. The summed E-state index contributed by atoms with van der Waals surface area (Å²) < 4.78 is 0.771. The molecule has 4 N–H and O–H groups in total. The van der Waals surface area contributed by atoms with Crippen molar-refractivity contribution >= 4 is 55.8 Å². The molecule has 23 heavy (non-hydrogen) atoms. The number of hydrogen-bond acceptors (Lipinski definition) is 5. The number of nitrogens with one attached hydrogen (secondary N) is 1. The number of carbonyl (C=O) groups is 2. The van der Waals surface area contributed by atoms with Crippen LogP contribution in [-0.4, -0.2) is 22.0 Å². The van der Waals surface area contributed by atoms with E-state index in [9.17, 15) is 14.7 Å². The number of hydrogen-bond donors (Lipinski definition) is 3. The van der Waals surface area contributed by atoms with Gasteiger partial charge in [0.1, 0.15) is 0 Å². The number of aromatic nitrogens is 1. The molecule has 0 aliphatic rings. The van der Waals surface area contributed by atoms with Crippen LogP contribution in [0.1, 0.15) is 20.7 Å². The minimum atomic E-state index is -1.17. The average molecular weight is 348 g/mol. The fraction of sp³-hybridized carbons (Fsp3) is 0. The number of carboxylic acids is 1. The van der Waals surface area contributed by atoms with Gasteiger partial charge in [0.2, 0.25) is 0 Å². The van der Waals surface area contributed by atoms with Crippen LogP contribution in [-0.2, 0) is 0 Å². The summed E-state index contributed by atoms with van der Waals surface area (Å²) in [5, 5.41) is 12.3. The third kappa shape index (κ3) is 2.96. The number of thiazole rings is 1. The number of carboxylic acid groups (broad SMARTS) is 1.